The van der Waals surface area contributed by atoms with Crippen molar-refractivity contribution >= 4 is 11.6 Å². The molecule has 3 N–H and O–H groups in total. The maximum Gasteiger partial charge on any atom is 0.252 e. The van der Waals surface area contributed by atoms with Crippen LogP contribution in [0.3, 0.4) is 0 Å². The summed E-state index contributed by atoms with van der Waals surface area (Å²) in [6.45, 7) is 8.59. The molecule has 1 amide bonds. The van der Waals surface area contributed by atoms with Gasteiger partial charge in [0.25, 0.3) is 5.91 Å². The third-order valence-electron chi connectivity index (χ3n) is 3.26. The number of carbonyl (C=O) groups excluding carboxylic acids is 1. The molecule has 0 aromatic carbocycles. The second-order valence-electron chi connectivity index (χ2n) is 4.91. The number of primary amides is 1. The van der Waals surface area contributed by atoms with E-state index in [0.717, 1.165) is 31.0 Å². The first-order valence-electron chi connectivity index (χ1n) is 6.25. The Kier molecular flexibility index (Phi) is 3.52. The van der Waals surface area contributed by atoms with Gasteiger partial charge in [0.05, 0.1) is 16.9 Å². The molecule has 0 unspecified atom stereocenters. The molecule has 0 bridgehead atoms. The van der Waals surface area contributed by atoms with Gasteiger partial charge in [-0.3, -0.25) is 9.78 Å². The Labute approximate surface area is 107 Å². The van der Waals surface area contributed by atoms with Gasteiger partial charge < -0.3 is 16.0 Å². The van der Waals surface area contributed by atoms with Crippen molar-refractivity contribution < 1.29 is 4.79 Å². The van der Waals surface area contributed by atoms with Crippen molar-refractivity contribution in [1.29, 1.82) is 0 Å². The van der Waals surface area contributed by atoms with Crippen LogP contribution in [0.4, 0.5) is 5.69 Å². The fraction of sp³-hybridized carbons (Fsp3) is 0.538. The Morgan fingerprint density at radius 2 is 2.28 bits per heavy atom. The molecule has 1 fully saturated rings. The number of anilines is 1. The Balaban J connectivity index is 2.44. The summed E-state index contributed by atoms with van der Waals surface area (Å²) in [5, 5.41) is 3.39. The molecule has 98 valence electrons. The maximum atomic E-state index is 11.6. The smallest absolute Gasteiger partial charge is 0.252 e. The van der Waals surface area contributed by atoms with Gasteiger partial charge in [-0.05, 0) is 26.8 Å². The third kappa shape index (κ3) is 2.46. The summed E-state index contributed by atoms with van der Waals surface area (Å²) >= 11 is 0. The van der Waals surface area contributed by atoms with Crippen LogP contribution >= 0.6 is 0 Å². The van der Waals surface area contributed by atoms with Crippen LogP contribution in [-0.2, 0) is 0 Å². The minimum Gasteiger partial charge on any atom is -0.368 e. The van der Waals surface area contributed by atoms with Gasteiger partial charge in [0.2, 0.25) is 0 Å². The summed E-state index contributed by atoms with van der Waals surface area (Å²) in [6.07, 6.45) is 0. The van der Waals surface area contributed by atoms with E-state index in [4.69, 9.17) is 5.73 Å². The highest BCUT2D eigenvalue weighted by molar-refractivity contribution is 5.99. The van der Waals surface area contributed by atoms with Crippen LogP contribution < -0.4 is 16.0 Å². The van der Waals surface area contributed by atoms with E-state index in [1.54, 1.807) is 0 Å². The number of rotatable bonds is 2. The second-order valence-corrected chi connectivity index (χ2v) is 4.91. The van der Waals surface area contributed by atoms with Gasteiger partial charge in [-0.2, -0.15) is 0 Å². The average Bonchev–Trinajstić information content (AvgIpc) is 2.27. The van der Waals surface area contributed by atoms with Gasteiger partial charge in [-0.15, -0.1) is 0 Å². The van der Waals surface area contributed by atoms with E-state index >= 15 is 0 Å². The number of aryl methyl sites for hydroxylation is 2. The Morgan fingerprint density at radius 3 is 2.89 bits per heavy atom. The van der Waals surface area contributed by atoms with E-state index in [9.17, 15) is 4.79 Å². The first kappa shape index (κ1) is 12.8. The summed E-state index contributed by atoms with van der Waals surface area (Å²) in [5.74, 6) is -0.402. The van der Waals surface area contributed by atoms with Crippen molar-refractivity contribution in [3.05, 3.63) is 23.0 Å². The number of carbonyl (C=O) groups is 1. The standard InChI is InChI=1S/C13H20N4O/c1-8-6-11(12(13(14)18)10(3)16-8)17-5-4-15-9(2)7-17/h6,9,15H,4-5,7H2,1-3H3,(H2,14,18)/t9-/m1/s1. The lowest BCUT2D eigenvalue weighted by Crippen LogP contribution is -2.49. The van der Waals surface area contributed by atoms with Gasteiger partial charge in [0.1, 0.15) is 0 Å². The van der Waals surface area contributed by atoms with Crippen LogP contribution in [0.25, 0.3) is 0 Å². The zero-order valence-electron chi connectivity index (χ0n) is 11.2. The van der Waals surface area contributed by atoms with Crippen molar-refractivity contribution in [1.82, 2.24) is 10.3 Å². The number of amides is 1. The number of hydrogen-bond donors (Lipinski definition) is 2. The molecule has 5 nitrogen and oxygen atoms in total. The number of piperazine rings is 1. The maximum absolute atomic E-state index is 11.6. The van der Waals surface area contributed by atoms with Crippen molar-refractivity contribution in [2.24, 2.45) is 5.73 Å². The van der Waals surface area contributed by atoms with Crippen LogP contribution in [0.5, 0.6) is 0 Å². The molecule has 1 aliphatic rings. The lowest BCUT2D eigenvalue weighted by atomic mass is 10.1. The van der Waals surface area contributed by atoms with Gasteiger partial charge in [-0.25, -0.2) is 0 Å². The molecule has 1 aliphatic heterocycles. The van der Waals surface area contributed by atoms with E-state index < -0.39 is 5.91 Å². The fourth-order valence-electron chi connectivity index (χ4n) is 2.51. The number of nitrogens with zero attached hydrogens (tertiary/aromatic N) is 2. The molecular weight excluding hydrogens is 228 g/mol. The summed E-state index contributed by atoms with van der Waals surface area (Å²) in [5.41, 5.74) is 8.58. The third-order valence-corrected chi connectivity index (χ3v) is 3.26. The number of nitrogens with two attached hydrogens (primary N) is 1. The minimum absolute atomic E-state index is 0.402. The molecule has 0 saturated carbocycles. The van der Waals surface area contributed by atoms with Crippen LogP contribution in [0.2, 0.25) is 0 Å². The van der Waals surface area contributed by atoms with Crippen LogP contribution in [0.15, 0.2) is 6.07 Å². The highest BCUT2D eigenvalue weighted by Gasteiger charge is 2.22. The summed E-state index contributed by atoms with van der Waals surface area (Å²) < 4.78 is 0. The van der Waals surface area contributed by atoms with E-state index in [1.807, 2.05) is 19.9 Å². The van der Waals surface area contributed by atoms with Crippen LogP contribution in [-0.4, -0.2) is 36.6 Å². The van der Waals surface area contributed by atoms with Gasteiger partial charge in [-0.1, -0.05) is 0 Å². The highest BCUT2D eigenvalue weighted by atomic mass is 16.1. The monoisotopic (exact) mass is 248 g/mol. The normalized spacial score (nSPS) is 19.9. The molecule has 5 heteroatoms. The predicted octanol–water partition coefficient (Wildman–Crippen LogP) is 0.595. The lowest BCUT2D eigenvalue weighted by molar-refractivity contribution is 0.0999. The molecule has 1 aromatic heterocycles. The molecule has 0 radical (unpaired) electrons. The topological polar surface area (TPSA) is 71.2 Å². The Hall–Kier alpha value is -1.62. The molecule has 0 spiro atoms. The number of hydrogen-bond acceptors (Lipinski definition) is 4. The van der Waals surface area contributed by atoms with Crippen molar-refractivity contribution in [2.45, 2.75) is 26.8 Å². The molecule has 2 heterocycles. The fourth-order valence-corrected chi connectivity index (χ4v) is 2.51. The molecule has 18 heavy (non-hydrogen) atoms. The Morgan fingerprint density at radius 1 is 1.56 bits per heavy atom. The van der Waals surface area contributed by atoms with Crippen molar-refractivity contribution in [3.8, 4) is 0 Å². The van der Waals surface area contributed by atoms with Crippen LogP contribution in [0, 0.1) is 13.8 Å². The molecule has 0 aliphatic carbocycles. The second kappa shape index (κ2) is 4.94. The molecule has 1 atom stereocenters. The highest BCUT2D eigenvalue weighted by Crippen LogP contribution is 2.24. The van der Waals surface area contributed by atoms with Crippen molar-refractivity contribution in [3.63, 3.8) is 0 Å². The zero-order valence-corrected chi connectivity index (χ0v) is 11.2. The van der Waals surface area contributed by atoms with E-state index in [1.165, 1.54) is 0 Å². The largest absolute Gasteiger partial charge is 0.368 e. The van der Waals surface area contributed by atoms with Crippen molar-refractivity contribution in [2.75, 3.05) is 24.5 Å². The van der Waals surface area contributed by atoms with E-state index in [2.05, 4.69) is 22.1 Å². The molecule has 2 rings (SSSR count). The summed E-state index contributed by atoms with van der Waals surface area (Å²) in [6, 6.07) is 2.36. The zero-order chi connectivity index (χ0) is 13.3. The number of nitrogens with one attached hydrogen (secondary N) is 1. The molecular formula is C13H20N4O. The number of pyridine rings is 1. The van der Waals surface area contributed by atoms with Gasteiger partial charge in [0.15, 0.2) is 0 Å². The predicted molar refractivity (Wildman–Crippen MR) is 71.9 cm³/mol. The molecule has 1 saturated heterocycles. The quantitative estimate of drug-likeness (QED) is 0.804. The summed E-state index contributed by atoms with van der Waals surface area (Å²) in [7, 11) is 0. The minimum atomic E-state index is -0.402. The molecule has 1 aromatic rings. The SMILES string of the molecule is Cc1cc(N2CCN[C@H](C)C2)c(C(N)=O)c(C)n1. The summed E-state index contributed by atoms with van der Waals surface area (Å²) in [4.78, 5) is 18.2. The van der Waals surface area contributed by atoms with E-state index in [-0.39, 0.29) is 0 Å². The average molecular weight is 248 g/mol. The van der Waals surface area contributed by atoms with Gasteiger partial charge >= 0.3 is 0 Å². The van der Waals surface area contributed by atoms with Crippen LogP contribution in [0.1, 0.15) is 28.7 Å². The van der Waals surface area contributed by atoms with E-state index in [0.29, 0.717) is 17.3 Å². The lowest BCUT2D eigenvalue weighted by Gasteiger charge is -2.34. The van der Waals surface area contributed by atoms with Gasteiger partial charge in [0, 0.05) is 31.4 Å². The Bertz CT molecular complexity index is 472. The first-order valence-corrected chi connectivity index (χ1v) is 6.25. The first-order chi connectivity index (χ1) is 8.49. The number of aromatic nitrogens is 1.